The van der Waals surface area contributed by atoms with E-state index in [9.17, 15) is 4.79 Å². The van der Waals surface area contributed by atoms with E-state index in [1.165, 1.54) is 0 Å². The zero-order chi connectivity index (χ0) is 9.19. The van der Waals surface area contributed by atoms with Crippen LogP contribution in [-0.4, -0.2) is 36.0 Å². The zero-order valence-corrected chi connectivity index (χ0v) is 7.37. The Hall–Kier alpha value is -0.610. The average Bonchev–Trinajstić information content (AvgIpc) is 1.82. The summed E-state index contributed by atoms with van der Waals surface area (Å²) in [5.74, 6) is -0.846. The van der Waals surface area contributed by atoms with E-state index in [4.69, 9.17) is 14.6 Å². The zero-order valence-electron chi connectivity index (χ0n) is 7.37. The maximum Gasteiger partial charge on any atom is 0.306 e. The summed E-state index contributed by atoms with van der Waals surface area (Å²) in [5.41, 5.74) is -0.349. The van der Waals surface area contributed by atoms with Crippen molar-refractivity contribution < 1.29 is 19.4 Å². The van der Waals surface area contributed by atoms with Gasteiger partial charge >= 0.3 is 5.97 Å². The third kappa shape index (κ3) is 2.79. The molecule has 1 saturated heterocycles. The Kier molecular flexibility index (Phi) is 2.69. The summed E-state index contributed by atoms with van der Waals surface area (Å²) >= 11 is 0. The highest BCUT2D eigenvalue weighted by atomic mass is 16.6. The van der Waals surface area contributed by atoms with E-state index >= 15 is 0 Å². The lowest BCUT2D eigenvalue weighted by Gasteiger charge is -2.35. The quantitative estimate of drug-likeness (QED) is 0.668. The van der Waals surface area contributed by atoms with Crippen molar-refractivity contribution >= 4 is 5.97 Å². The first-order chi connectivity index (χ1) is 5.49. The molecule has 0 aromatic rings. The highest BCUT2D eigenvalue weighted by Crippen LogP contribution is 2.19. The minimum Gasteiger partial charge on any atom is -0.481 e. The van der Waals surface area contributed by atoms with Crippen LogP contribution in [0.4, 0.5) is 0 Å². The van der Waals surface area contributed by atoms with Gasteiger partial charge < -0.3 is 14.6 Å². The van der Waals surface area contributed by atoms with Crippen molar-refractivity contribution in [3.8, 4) is 0 Å². The molecule has 0 saturated carbocycles. The Morgan fingerprint density at radius 2 is 2.33 bits per heavy atom. The van der Waals surface area contributed by atoms with Gasteiger partial charge in [-0.2, -0.15) is 0 Å². The second-order valence-corrected chi connectivity index (χ2v) is 3.61. The van der Waals surface area contributed by atoms with Crippen molar-refractivity contribution in [2.24, 2.45) is 0 Å². The van der Waals surface area contributed by atoms with Crippen LogP contribution in [0, 0.1) is 0 Å². The molecule has 0 amide bonds. The van der Waals surface area contributed by atoms with Crippen LogP contribution in [0.3, 0.4) is 0 Å². The van der Waals surface area contributed by atoms with Gasteiger partial charge in [-0.15, -0.1) is 0 Å². The predicted molar refractivity (Wildman–Crippen MR) is 42.0 cm³/mol. The van der Waals surface area contributed by atoms with E-state index in [-0.39, 0.29) is 18.1 Å². The van der Waals surface area contributed by atoms with E-state index in [1.807, 2.05) is 13.8 Å². The number of rotatable bonds is 2. The molecule has 0 aliphatic carbocycles. The fourth-order valence-electron chi connectivity index (χ4n) is 1.25. The molecule has 0 aromatic carbocycles. The molecule has 1 rings (SSSR count). The first kappa shape index (κ1) is 9.48. The molecule has 1 unspecified atom stereocenters. The van der Waals surface area contributed by atoms with E-state index in [0.29, 0.717) is 13.2 Å². The van der Waals surface area contributed by atoms with Crippen molar-refractivity contribution in [3.63, 3.8) is 0 Å². The second-order valence-electron chi connectivity index (χ2n) is 3.61. The topological polar surface area (TPSA) is 55.8 Å². The lowest BCUT2D eigenvalue weighted by Crippen LogP contribution is -2.43. The molecule has 4 heteroatoms. The first-order valence-corrected chi connectivity index (χ1v) is 3.97. The molecular weight excluding hydrogens is 160 g/mol. The van der Waals surface area contributed by atoms with Crippen molar-refractivity contribution in [1.82, 2.24) is 0 Å². The Morgan fingerprint density at radius 1 is 1.67 bits per heavy atom. The number of aliphatic carboxylic acids is 1. The van der Waals surface area contributed by atoms with Crippen LogP contribution in [0.15, 0.2) is 0 Å². The smallest absolute Gasteiger partial charge is 0.306 e. The van der Waals surface area contributed by atoms with E-state index in [2.05, 4.69) is 0 Å². The normalized spacial score (nSPS) is 28.3. The third-order valence-corrected chi connectivity index (χ3v) is 1.64. The molecule has 1 aliphatic rings. The fraction of sp³-hybridized carbons (Fsp3) is 0.875. The van der Waals surface area contributed by atoms with Gasteiger partial charge in [0, 0.05) is 0 Å². The summed E-state index contributed by atoms with van der Waals surface area (Å²) in [6.45, 7) is 4.70. The number of hydrogen-bond donors (Lipinski definition) is 1. The van der Waals surface area contributed by atoms with Gasteiger partial charge in [0.05, 0.1) is 31.3 Å². The molecule has 0 radical (unpaired) electrons. The summed E-state index contributed by atoms with van der Waals surface area (Å²) < 4.78 is 10.7. The Balaban J connectivity index is 2.41. The molecule has 12 heavy (non-hydrogen) atoms. The number of hydrogen-bond acceptors (Lipinski definition) is 3. The molecular formula is C8H14O4. The van der Waals surface area contributed by atoms with Gasteiger partial charge in [-0.1, -0.05) is 0 Å². The van der Waals surface area contributed by atoms with Gasteiger partial charge in [0.1, 0.15) is 0 Å². The van der Waals surface area contributed by atoms with E-state index in [1.54, 1.807) is 0 Å². The molecule has 0 spiro atoms. The van der Waals surface area contributed by atoms with Gasteiger partial charge in [0.2, 0.25) is 0 Å². The van der Waals surface area contributed by atoms with Crippen LogP contribution in [0.25, 0.3) is 0 Å². The maximum atomic E-state index is 10.3. The standard InChI is InChI=1S/C8H14O4/c1-8(2)5-11-4-6(12-8)3-7(9)10/h6H,3-5H2,1-2H3,(H,9,10). The molecule has 1 fully saturated rings. The lowest BCUT2D eigenvalue weighted by atomic mass is 10.1. The van der Waals surface area contributed by atoms with Crippen LogP contribution in [-0.2, 0) is 14.3 Å². The number of carboxylic acids is 1. The van der Waals surface area contributed by atoms with Gasteiger partial charge in [-0.3, -0.25) is 4.79 Å². The van der Waals surface area contributed by atoms with Crippen molar-refractivity contribution in [3.05, 3.63) is 0 Å². The van der Waals surface area contributed by atoms with E-state index < -0.39 is 5.97 Å². The van der Waals surface area contributed by atoms with Crippen LogP contribution >= 0.6 is 0 Å². The van der Waals surface area contributed by atoms with Gasteiger partial charge in [0.15, 0.2) is 0 Å². The van der Waals surface area contributed by atoms with Crippen LogP contribution in [0.2, 0.25) is 0 Å². The Bertz CT molecular complexity index is 176. The molecule has 1 atom stereocenters. The summed E-state index contributed by atoms with van der Waals surface area (Å²) in [6.07, 6.45) is -0.282. The van der Waals surface area contributed by atoms with E-state index in [0.717, 1.165) is 0 Å². The largest absolute Gasteiger partial charge is 0.481 e. The molecule has 4 nitrogen and oxygen atoms in total. The highest BCUT2D eigenvalue weighted by molar-refractivity contribution is 5.67. The molecule has 0 bridgehead atoms. The monoisotopic (exact) mass is 174 g/mol. The number of carbonyl (C=O) groups is 1. The molecule has 70 valence electrons. The second kappa shape index (κ2) is 3.41. The summed E-state index contributed by atoms with van der Waals surface area (Å²) in [7, 11) is 0. The molecule has 1 aliphatic heterocycles. The fourth-order valence-corrected chi connectivity index (χ4v) is 1.25. The summed E-state index contributed by atoms with van der Waals surface area (Å²) in [4.78, 5) is 10.3. The van der Waals surface area contributed by atoms with Crippen molar-refractivity contribution in [2.45, 2.75) is 32.0 Å². The summed E-state index contributed by atoms with van der Waals surface area (Å²) in [5, 5.41) is 8.50. The first-order valence-electron chi connectivity index (χ1n) is 3.97. The van der Waals surface area contributed by atoms with Crippen LogP contribution in [0.5, 0.6) is 0 Å². The van der Waals surface area contributed by atoms with Gasteiger partial charge in [-0.05, 0) is 13.8 Å². The van der Waals surface area contributed by atoms with Gasteiger partial charge in [0.25, 0.3) is 0 Å². The van der Waals surface area contributed by atoms with Gasteiger partial charge in [-0.25, -0.2) is 0 Å². The Labute approximate surface area is 71.5 Å². The average molecular weight is 174 g/mol. The van der Waals surface area contributed by atoms with Crippen LogP contribution in [0.1, 0.15) is 20.3 Å². The molecule has 0 aromatic heterocycles. The highest BCUT2D eigenvalue weighted by Gasteiger charge is 2.30. The number of carboxylic acid groups (broad SMARTS) is 1. The lowest BCUT2D eigenvalue weighted by molar-refractivity contribution is -0.188. The minimum atomic E-state index is -0.846. The molecule has 1 heterocycles. The number of ether oxygens (including phenoxy) is 2. The predicted octanol–water partition coefficient (Wildman–Crippen LogP) is 0.655. The Morgan fingerprint density at radius 3 is 2.83 bits per heavy atom. The maximum absolute atomic E-state index is 10.3. The minimum absolute atomic E-state index is 0.0173. The summed E-state index contributed by atoms with van der Waals surface area (Å²) in [6, 6.07) is 0. The van der Waals surface area contributed by atoms with Crippen LogP contribution < -0.4 is 0 Å². The van der Waals surface area contributed by atoms with Crippen molar-refractivity contribution in [2.75, 3.05) is 13.2 Å². The van der Waals surface area contributed by atoms with Crippen molar-refractivity contribution in [1.29, 1.82) is 0 Å². The molecule has 1 N–H and O–H groups in total. The SMILES string of the molecule is CC1(C)COCC(CC(=O)O)O1. The third-order valence-electron chi connectivity index (χ3n) is 1.64.